The van der Waals surface area contributed by atoms with Crippen LogP contribution in [0.2, 0.25) is 0 Å². The zero-order valence-corrected chi connectivity index (χ0v) is 23.6. The van der Waals surface area contributed by atoms with Crippen LogP contribution in [-0.4, -0.2) is 27.9 Å². The lowest BCUT2D eigenvalue weighted by Gasteiger charge is -2.05. The third-order valence-corrected chi connectivity index (χ3v) is 9.15. The molecule has 192 valence electrons. The molecule has 2 aromatic carbocycles. The molecule has 2 aromatic heterocycles. The lowest BCUT2D eigenvalue weighted by atomic mass is 10.2. The maximum atomic E-state index is 11.5. The smallest absolute Gasteiger partial charge is 0.184 e. The predicted molar refractivity (Wildman–Crippen MR) is 153 cm³/mol. The molecule has 0 aliphatic heterocycles. The number of unbranched alkanes of at least 4 members (excludes halogenated alkanes) is 2. The van der Waals surface area contributed by atoms with E-state index in [0.717, 1.165) is 54.4 Å². The van der Waals surface area contributed by atoms with Gasteiger partial charge in [0.2, 0.25) is 0 Å². The molecule has 4 nitrogen and oxygen atoms in total. The van der Waals surface area contributed by atoms with Crippen molar-refractivity contribution in [2.45, 2.75) is 43.7 Å². The van der Waals surface area contributed by atoms with E-state index in [1.807, 2.05) is 42.5 Å². The molecule has 0 aliphatic rings. The largest absolute Gasteiger partial charge is 0.494 e. The molecule has 0 fully saturated rings. The first-order valence-corrected chi connectivity index (χ1v) is 15.8. The van der Waals surface area contributed by atoms with E-state index in [2.05, 4.69) is 43.5 Å². The molecule has 4 aromatic rings. The van der Waals surface area contributed by atoms with E-state index in [-0.39, 0.29) is 0 Å². The quantitative estimate of drug-likeness (QED) is 0.178. The van der Waals surface area contributed by atoms with Gasteiger partial charge in [-0.2, -0.15) is 0 Å². The van der Waals surface area contributed by atoms with Crippen molar-refractivity contribution in [1.82, 2.24) is 0 Å². The van der Waals surface area contributed by atoms with Crippen LogP contribution in [0, 0.1) is 0 Å². The van der Waals surface area contributed by atoms with Crippen molar-refractivity contribution < 1.29 is 17.9 Å². The minimum absolute atomic E-state index is 0.399. The van der Waals surface area contributed by atoms with Crippen molar-refractivity contribution in [1.29, 1.82) is 0 Å². The molecular formula is C29H34O4S3. The Hall–Kier alpha value is -2.61. The highest BCUT2D eigenvalue weighted by Crippen LogP contribution is 2.31. The molecule has 0 atom stereocenters. The number of hydrogen-bond donors (Lipinski definition) is 0. The molecule has 36 heavy (non-hydrogen) atoms. The van der Waals surface area contributed by atoms with Gasteiger partial charge in [0.25, 0.3) is 0 Å². The van der Waals surface area contributed by atoms with Crippen LogP contribution in [0.4, 0.5) is 0 Å². The molecule has 7 heteroatoms. The summed E-state index contributed by atoms with van der Waals surface area (Å²) in [6.45, 7) is 5.84. The Balaban J connectivity index is 0.000000205. The average Bonchev–Trinajstić information content (AvgIpc) is 3.59. The first-order chi connectivity index (χ1) is 17.4. The second kappa shape index (κ2) is 14.2. The first-order valence-electron chi connectivity index (χ1n) is 12.2. The van der Waals surface area contributed by atoms with Gasteiger partial charge in [-0.25, -0.2) is 8.42 Å². The minimum Gasteiger partial charge on any atom is -0.494 e. The third kappa shape index (κ3) is 8.80. The zero-order chi connectivity index (χ0) is 25.8. The fourth-order valence-corrected chi connectivity index (χ4v) is 5.88. The highest BCUT2D eigenvalue weighted by Gasteiger charge is 2.11. The molecule has 0 saturated carbocycles. The lowest BCUT2D eigenvalue weighted by Crippen LogP contribution is -1.95. The molecule has 2 heterocycles. The second-order valence-corrected chi connectivity index (χ2v) is 12.6. The maximum Gasteiger partial charge on any atom is 0.184 e. The Morgan fingerprint density at radius 1 is 0.694 bits per heavy atom. The summed E-state index contributed by atoms with van der Waals surface area (Å²) in [7, 11) is -3.12. The lowest BCUT2D eigenvalue weighted by molar-refractivity contribution is 0.309. The van der Waals surface area contributed by atoms with E-state index in [4.69, 9.17) is 9.47 Å². The molecule has 0 N–H and O–H groups in total. The van der Waals surface area contributed by atoms with Crippen molar-refractivity contribution in [3.63, 3.8) is 0 Å². The summed E-state index contributed by atoms with van der Waals surface area (Å²) in [4.78, 5) is 2.26. The van der Waals surface area contributed by atoms with Gasteiger partial charge in [0.1, 0.15) is 15.7 Å². The predicted octanol–water partition coefficient (Wildman–Crippen LogP) is 8.59. The van der Waals surface area contributed by atoms with Gasteiger partial charge in [-0.3, -0.25) is 0 Å². The zero-order valence-electron chi connectivity index (χ0n) is 21.1. The number of ether oxygens (including phenoxy) is 2. The summed E-state index contributed by atoms with van der Waals surface area (Å²) in [5, 5.41) is 2.10. The van der Waals surface area contributed by atoms with Crippen molar-refractivity contribution in [2.75, 3.05) is 19.5 Å². The molecule has 0 spiro atoms. The molecule has 0 radical (unpaired) electrons. The van der Waals surface area contributed by atoms with Crippen LogP contribution in [0.3, 0.4) is 0 Å². The number of rotatable bonds is 11. The van der Waals surface area contributed by atoms with Gasteiger partial charge in [0.15, 0.2) is 9.84 Å². The molecule has 0 bridgehead atoms. The van der Waals surface area contributed by atoms with Crippen LogP contribution in [-0.2, 0) is 9.84 Å². The highest BCUT2D eigenvalue weighted by atomic mass is 32.2. The molecule has 0 saturated heterocycles. The van der Waals surface area contributed by atoms with E-state index in [9.17, 15) is 8.42 Å². The van der Waals surface area contributed by atoms with Crippen molar-refractivity contribution in [3.8, 4) is 32.4 Å². The number of thiophene rings is 2. The minimum atomic E-state index is -3.12. The van der Waals surface area contributed by atoms with Gasteiger partial charge in [-0.05, 0) is 96.1 Å². The van der Waals surface area contributed by atoms with Crippen LogP contribution in [0.25, 0.3) is 20.9 Å². The van der Waals surface area contributed by atoms with Crippen LogP contribution < -0.4 is 9.47 Å². The molecule has 0 unspecified atom stereocenters. The summed E-state index contributed by atoms with van der Waals surface area (Å²) in [5.74, 6) is 1.82. The highest BCUT2D eigenvalue weighted by molar-refractivity contribution is 7.92. The average molecular weight is 543 g/mol. The fraction of sp³-hybridized carbons (Fsp3) is 0.310. The van der Waals surface area contributed by atoms with E-state index >= 15 is 0 Å². The van der Waals surface area contributed by atoms with Gasteiger partial charge in [0, 0.05) is 16.0 Å². The van der Waals surface area contributed by atoms with Crippen molar-refractivity contribution in [3.05, 3.63) is 78.2 Å². The molecule has 4 rings (SSSR count). The Morgan fingerprint density at radius 3 is 1.64 bits per heavy atom. The topological polar surface area (TPSA) is 52.6 Å². The Morgan fingerprint density at radius 2 is 1.22 bits per heavy atom. The molecular weight excluding hydrogens is 509 g/mol. The second-order valence-electron chi connectivity index (χ2n) is 8.32. The first kappa shape index (κ1) is 28.0. The normalized spacial score (nSPS) is 11.0. The SMILES string of the molecule is CCCCOc1ccc(-c2ccc(S(C)(=O)=O)s2)cc1.CCCCOc1ccc(-c2cccs2)cc1. The van der Waals surface area contributed by atoms with E-state index in [1.165, 1.54) is 34.5 Å². The van der Waals surface area contributed by atoms with Crippen LogP contribution in [0.5, 0.6) is 11.5 Å². The maximum absolute atomic E-state index is 11.5. The van der Waals surface area contributed by atoms with Crippen molar-refractivity contribution in [2.24, 2.45) is 0 Å². The summed E-state index contributed by atoms with van der Waals surface area (Å²) >= 11 is 3.05. The monoisotopic (exact) mass is 542 g/mol. The van der Waals surface area contributed by atoms with Gasteiger partial charge in [0.05, 0.1) is 13.2 Å². The number of hydrogen-bond acceptors (Lipinski definition) is 6. The Kier molecular flexibility index (Phi) is 11.0. The Labute approximate surface area is 223 Å². The van der Waals surface area contributed by atoms with Crippen LogP contribution in [0.15, 0.2) is 82.4 Å². The third-order valence-electron chi connectivity index (χ3n) is 5.28. The fourth-order valence-electron chi connectivity index (χ4n) is 3.22. The number of sulfone groups is 1. The number of benzene rings is 2. The summed E-state index contributed by atoms with van der Waals surface area (Å²) < 4.78 is 34.6. The van der Waals surface area contributed by atoms with E-state index in [1.54, 1.807) is 17.4 Å². The Bertz CT molecular complexity index is 1260. The standard InChI is InChI=1S/C15H18O3S2.C14H16OS/c1-3-4-11-18-13-7-5-12(6-8-13)14-9-10-15(19-14)20(2,16)17;1-2-3-10-15-13-8-6-12(7-9-13)14-5-4-11-16-14/h5-10H,3-4,11H2,1-2H3;4-9,11H,2-3,10H2,1H3. The van der Waals surface area contributed by atoms with E-state index in [0.29, 0.717) is 4.21 Å². The van der Waals surface area contributed by atoms with Crippen LogP contribution in [0.1, 0.15) is 39.5 Å². The van der Waals surface area contributed by atoms with E-state index < -0.39 is 9.84 Å². The summed E-state index contributed by atoms with van der Waals surface area (Å²) in [6.07, 6.45) is 5.68. The van der Waals surface area contributed by atoms with Crippen LogP contribution >= 0.6 is 22.7 Å². The van der Waals surface area contributed by atoms with Gasteiger partial charge in [-0.1, -0.05) is 32.8 Å². The summed E-state index contributed by atoms with van der Waals surface area (Å²) in [5.41, 5.74) is 2.27. The molecule has 0 aliphatic carbocycles. The van der Waals surface area contributed by atoms with Crippen molar-refractivity contribution >= 4 is 32.5 Å². The van der Waals surface area contributed by atoms with Gasteiger partial charge < -0.3 is 9.47 Å². The van der Waals surface area contributed by atoms with Gasteiger partial charge in [-0.15, -0.1) is 22.7 Å². The van der Waals surface area contributed by atoms with Gasteiger partial charge >= 0.3 is 0 Å². The summed E-state index contributed by atoms with van der Waals surface area (Å²) in [6, 6.07) is 23.8. The molecule has 0 amide bonds.